The maximum atomic E-state index is 5.68. The SMILES string of the molecule is Cc1ccc(-n2cc(-c3ccc(N)cc3)cn2)nn1. The Morgan fingerprint density at radius 1 is 0.947 bits per heavy atom. The number of aromatic nitrogens is 4. The summed E-state index contributed by atoms with van der Waals surface area (Å²) in [5, 5.41) is 12.4. The van der Waals surface area contributed by atoms with E-state index in [4.69, 9.17) is 5.73 Å². The Hall–Kier alpha value is -2.69. The third-order valence-corrected chi connectivity index (χ3v) is 2.85. The van der Waals surface area contributed by atoms with E-state index in [0.717, 1.165) is 22.5 Å². The quantitative estimate of drug-likeness (QED) is 0.709. The predicted octanol–water partition coefficient (Wildman–Crippen LogP) is 2.22. The number of hydrogen-bond donors (Lipinski definition) is 1. The van der Waals surface area contributed by atoms with Crippen LogP contribution in [0.15, 0.2) is 48.8 Å². The highest BCUT2D eigenvalue weighted by Crippen LogP contribution is 2.20. The van der Waals surface area contributed by atoms with Crippen LogP contribution < -0.4 is 5.73 Å². The first-order chi connectivity index (χ1) is 9.22. The Bertz CT molecular complexity index is 623. The molecule has 0 amide bonds. The highest BCUT2D eigenvalue weighted by atomic mass is 15.3. The highest BCUT2D eigenvalue weighted by Gasteiger charge is 2.04. The highest BCUT2D eigenvalue weighted by molar-refractivity contribution is 5.64. The summed E-state index contributed by atoms with van der Waals surface area (Å²) in [5.74, 6) is 0.701. The van der Waals surface area contributed by atoms with Crippen LogP contribution in [0.2, 0.25) is 0 Å². The van der Waals surface area contributed by atoms with Gasteiger partial charge >= 0.3 is 0 Å². The molecular weight excluding hydrogens is 238 g/mol. The second kappa shape index (κ2) is 4.53. The second-order valence-electron chi connectivity index (χ2n) is 4.33. The number of hydrogen-bond acceptors (Lipinski definition) is 4. The van der Waals surface area contributed by atoms with Gasteiger partial charge in [0.15, 0.2) is 5.82 Å². The van der Waals surface area contributed by atoms with Crippen molar-refractivity contribution in [3.8, 4) is 16.9 Å². The van der Waals surface area contributed by atoms with Crippen molar-refractivity contribution in [2.45, 2.75) is 6.92 Å². The third-order valence-electron chi connectivity index (χ3n) is 2.85. The fourth-order valence-corrected chi connectivity index (χ4v) is 1.79. The van der Waals surface area contributed by atoms with Crippen LogP contribution >= 0.6 is 0 Å². The minimum atomic E-state index is 0.701. The Balaban J connectivity index is 1.95. The second-order valence-corrected chi connectivity index (χ2v) is 4.33. The summed E-state index contributed by atoms with van der Waals surface area (Å²) < 4.78 is 1.71. The first-order valence-corrected chi connectivity index (χ1v) is 5.94. The van der Waals surface area contributed by atoms with Gasteiger partial charge in [0.2, 0.25) is 0 Å². The molecule has 0 saturated carbocycles. The number of nitrogen functional groups attached to an aromatic ring is 1. The van der Waals surface area contributed by atoms with Gasteiger partial charge in [0.05, 0.1) is 11.9 Å². The van der Waals surface area contributed by atoms with E-state index < -0.39 is 0 Å². The zero-order valence-electron chi connectivity index (χ0n) is 10.5. The smallest absolute Gasteiger partial charge is 0.175 e. The molecule has 0 radical (unpaired) electrons. The van der Waals surface area contributed by atoms with Crippen LogP contribution in [0.1, 0.15) is 5.69 Å². The molecule has 19 heavy (non-hydrogen) atoms. The van der Waals surface area contributed by atoms with E-state index >= 15 is 0 Å². The molecule has 94 valence electrons. The Kier molecular flexibility index (Phi) is 2.72. The van der Waals surface area contributed by atoms with Gasteiger partial charge in [0, 0.05) is 17.4 Å². The molecule has 0 bridgehead atoms. The maximum absolute atomic E-state index is 5.68. The average Bonchev–Trinajstić information content (AvgIpc) is 2.90. The number of benzene rings is 1. The molecule has 3 aromatic rings. The molecule has 0 aliphatic carbocycles. The lowest BCUT2D eigenvalue weighted by Gasteiger charge is -1.99. The van der Waals surface area contributed by atoms with Crippen LogP contribution in [0, 0.1) is 6.92 Å². The van der Waals surface area contributed by atoms with Crippen molar-refractivity contribution < 1.29 is 0 Å². The lowest BCUT2D eigenvalue weighted by atomic mass is 10.1. The molecule has 0 aliphatic rings. The lowest BCUT2D eigenvalue weighted by molar-refractivity contribution is 0.806. The minimum absolute atomic E-state index is 0.701. The molecule has 0 saturated heterocycles. The van der Waals surface area contributed by atoms with Gasteiger partial charge in [-0.15, -0.1) is 5.10 Å². The van der Waals surface area contributed by atoms with Gasteiger partial charge in [-0.1, -0.05) is 12.1 Å². The summed E-state index contributed by atoms with van der Waals surface area (Å²) in [6.07, 6.45) is 3.72. The van der Waals surface area contributed by atoms with Gasteiger partial charge in [-0.25, -0.2) is 4.68 Å². The van der Waals surface area contributed by atoms with Crippen LogP contribution in [-0.4, -0.2) is 20.0 Å². The normalized spacial score (nSPS) is 10.6. The average molecular weight is 251 g/mol. The van der Waals surface area contributed by atoms with Gasteiger partial charge in [0.1, 0.15) is 0 Å². The Labute approximate surface area is 110 Å². The van der Waals surface area contributed by atoms with Gasteiger partial charge < -0.3 is 5.73 Å². The molecular formula is C14H13N5. The summed E-state index contributed by atoms with van der Waals surface area (Å²) in [5.41, 5.74) is 9.40. The van der Waals surface area contributed by atoms with Gasteiger partial charge in [-0.3, -0.25) is 0 Å². The van der Waals surface area contributed by atoms with E-state index in [1.807, 2.05) is 49.5 Å². The van der Waals surface area contributed by atoms with Crippen molar-refractivity contribution in [3.63, 3.8) is 0 Å². The minimum Gasteiger partial charge on any atom is -0.399 e. The van der Waals surface area contributed by atoms with Crippen LogP contribution in [0.3, 0.4) is 0 Å². The number of nitrogens with zero attached hydrogens (tertiary/aromatic N) is 4. The monoisotopic (exact) mass is 251 g/mol. The van der Waals surface area contributed by atoms with Crippen molar-refractivity contribution in [1.82, 2.24) is 20.0 Å². The van der Waals surface area contributed by atoms with Crippen molar-refractivity contribution in [2.24, 2.45) is 0 Å². The molecule has 2 aromatic heterocycles. The maximum Gasteiger partial charge on any atom is 0.175 e. The molecule has 1 aromatic carbocycles. The van der Waals surface area contributed by atoms with E-state index in [0.29, 0.717) is 5.82 Å². The summed E-state index contributed by atoms with van der Waals surface area (Å²) in [6, 6.07) is 11.5. The molecule has 0 aliphatic heterocycles. The Morgan fingerprint density at radius 3 is 2.42 bits per heavy atom. The molecule has 2 N–H and O–H groups in total. The summed E-state index contributed by atoms with van der Waals surface area (Å²) in [7, 11) is 0. The summed E-state index contributed by atoms with van der Waals surface area (Å²) >= 11 is 0. The van der Waals surface area contributed by atoms with Crippen LogP contribution in [0.25, 0.3) is 16.9 Å². The lowest BCUT2D eigenvalue weighted by Crippen LogP contribution is -1.99. The largest absolute Gasteiger partial charge is 0.399 e. The van der Waals surface area contributed by atoms with Crippen LogP contribution in [0.4, 0.5) is 5.69 Å². The molecule has 0 spiro atoms. The molecule has 3 rings (SSSR count). The van der Waals surface area contributed by atoms with Crippen molar-refractivity contribution in [3.05, 3.63) is 54.5 Å². The van der Waals surface area contributed by atoms with Gasteiger partial charge in [0.25, 0.3) is 0 Å². The molecule has 0 atom stereocenters. The fourth-order valence-electron chi connectivity index (χ4n) is 1.79. The zero-order chi connectivity index (χ0) is 13.2. The predicted molar refractivity (Wildman–Crippen MR) is 73.7 cm³/mol. The van der Waals surface area contributed by atoms with Crippen LogP contribution in [-0.2, 0) is 0 Å². The summed E-state index contributed by atoms with van der Waals surface area (Å²) in [4.78, 5) is 0. The number of rotatable bonds is 2. The topological polar surface area (TPSA) is 69.6 Å². The van der Waals surface area contributed by atoms with Gasteiger partial charge in [-0.05, 0) is 36.8 Å². The van der Waals surface area contributed by atoms with Crippen molar-refractivity contribution >= 4 is 5.69 Å². The Morgan fingerprint density at radius 2 is 1.74 bits per heavy atom. The first kappa shape index (κ1) is 11.4. The molecule has 0 fully saturated rings. The van der Waals surface area contributed by atoms with Gasteiger partial charge in [-0.2, -0.15) is 10.2 Å². The third kappa shape index (κ3) is 2.30. The van der Waals surface area contributed by atoms with Crippen LogP contribution in [0.5, 0.6) is 0 Å². The zero-order valence-corrected chi connectivity index (χ0v) is 10.5. The molecule has 5 heteroatoms. The summed E-state index contributed by atoms with van der Waals surface area (Å²) in [6.45, 7) is 1.90. The van der Waals surface area contributed by atoms with E-state index in [1.54, 1.807) is 10.9 Å². The van der Waals surface area contributed by atoms with Crippen molar-refractivity contribution in [2.75, 3.05) is 5.73 Å². The molecule has 5 nitrogen and oxygen atoms in total. The van der Waals surface area contributed by atoms with E-state index in [1.165, 1.54) is 0 Å². The van der Waals surface area contributed by atoms with E-state index in [9.17, 15) is 0 Å². The number of aryl methyl sites for hydroxylation is 1. The van der Waals surface area contributed by atoms with Crippen molar-refractivity contribution in [1.29, 1.82) is 0 Å². The fraction of sp³-hybridized carbons (Fsp3) is 0.0714. The number of nitrogens with two attached hydrogens (primary N) is 1. The number of anilines is 1. The molecule has 0 unspecified atom stereocenters. The first-order valence-electron chi connectivity index (χ1n) is 5.94. The van der Waals surface area contributed by atoms with E-state index in [2.05, 4.69) is 15.3 Å². The standard InChI is InChI=1S/C14H13N5/c1-10-2-7-14(18-17-10)19-9-12(8-16-19)11-3-5-13(15)6-4-11/h2-9H,15H2,1H3. The van der Waals surface area contributed by atoms with E-state index in [-0.39, 0.29) is 0 Å². The molecule has 2 heterocycles.